The number of carbonyl (C=O) groups is 4. The monoisotopic (exact) mass is 288 g/mol. The maximum absolute atomic E-state index is 12.7. The third kappa shape index (κ3) is 1.65. The van der Waals surface area contributed by atoms with Crippen LogP contribution >= 0.6 is 0 Å². The molecular weight excluding hydrogens is 272 g/mol. The van der Waals surface area contributed by atoms with E-state index in [4.69, 9.17) is 0 Å². The minimum absolute atomic E-state index is 0.120. The van der Waals surface area contributed by atoms with Crippen molar-refractivity contribution in [2.45, 2.75) is 31.7 Å². The van der Waals surface area contributed by atoms with Crippen LogP contribution in [-0.4, -0.2) is 34.6 Å². The Morgan fingerprint density at radius 1 is 0.905 bits per heavy atom. The summed E-state index contributed by atoms with van der Waals surface area (Å²) in [6.45, 7) is 0. The predicted octanol–water partition coefficient (Wildman–Crippen LogP) is -0.0112. The van der Waals surface area contributed by atoms with Gasteiger partial charge in [-0.05, 0) is 31.1 Å². The topological polar surface area (TPSA) is 83.6 Å². The molecule has 2 saturated heterocycles. The van der Waals surface area contributed by atoms with Gasteiger partial charge in [0.1, 0.15) is 6.04 Å². The van der Waals surface area contributed by atoms with Crippen LogP contribution in [-0.2, 0) is 19.2 Å². The van der Waals surface area contributed by atoms with Gasteiger partial charge in [0, 0.05) is 6.42 Å². The smallest absolute Gasteiger partial charge is 0.249 e. The molecule has 5 rings (SSSR count). The van der Waals surface area contributed by atoms with Gasteiger partial charge in [0.2, 0.25) is 23.6 Å². The van der Waals surface area contributed by atoms with Crippen molar-refractivity contribution in [2.24, 2.45) is 23.7 Å². The number of carbonyl (C=O) groups excluding carboxylic acids is 4. The predicted molar refractivity (Wildman–Crippen MR) is 70.4 cm³/mol. The Morgan fingerprint density at radius 3 is 1.95 bits per heavy atom. The largest absolute Gasteiger partial charge is 0.295 e. The zero-order valence-corrected chi connectivity index (χ0v) is 11.5. The normalized spacial score (nSPS) is 41.5. The van der Waals surface area contributed by atoms with Gasteiger partial charge in [-0.1, -0.05) is 12.2 Å². The average molecular weight is 288 g/mol. The molecule has 6 heteroatoms. The molecule has 21 heavy (non-hydrogen) atoms. The lowest BCUT2D eigenvalue weighted by Crippen LogP contribution is -2.54. The molecule has 0 aromatic rings. The van der Waals surface area contributed by atoms with E-state index in [0.29, 0.717) is 0 Å². The lowest BCUT2D eigenvalue weighted by molar-refractivity contribution is -0.151. The molecule has 5 aliphatic rings. The van der Waals surface area contributed by atoms with E-state index in [1.54, 1.807) is 0 Å². The Hall–Kier alpha value is -1.98. The summed E-state index contributed by atoms with van der Waals surface area (Å²) < 4.78 is 0. The quantitative estimate of drug-likeness (QED) is 0.543. The van der Waals surface area contributed by atoms with Gasteiger partial charge in [-0.25, -0.2) is 0 Å². The Balaban J connectivity index is 1.66. The van der Waals surface area contributed by atoms with Gasteiger partial charge >= 0.3 is 0 Å². The summed E-state index contributed by atoms with van der Waals surface area (Å²) in [5, 5.41) is 2.23. The van der Waals surface area contributed by atoms with Gasteiger partial charge in [0.15, 0.2) is 0 Å². The molecule has 0 aromatic carbocycles. The van der Waals surface area contributed by atoms with E-state index in [0.717, 1.165) is 17.7 Å². The van der Waals surface area contributed by atoms with Crippen LogP contribution < -0.4 is 5.32 Å². The molecule has 0 aromatic heterocycles. The van der Waals surface area contributed by atoms with E-state index in [9.17, 15) is 19.2 Å². The highest BCUT2D eigenvalue weighted by Gasteiger charge is 2.58. The summed E-state index contributed by atoms with van der Waals surface area (Å²) in [6.07, 6.45) is 6.39. The number of allylic oxidation sites excluding steroid dienone is 2. The van der Waals surface area contributed by atoms with Gasteiger partial charge < -0.3 is 0 Å². The summed E-state index contributed by atoms with van der Waals surface area (Å²) in [4.78, 5) is 49.7. The first kappa shape index (κ1) is 12.7. The summed E-state index contributed by atoms with van der Waals surface area (Å²) in [5.74, 6) is -1.67. The molecule has 6 nitrogen and oxygen atoms in total. The minimum Gasteiger partial charge on any atom is -0.295 e. The third-order valence-corrected chi connectivity index (χ3v) is 5.32. The van der Waals surface area contributed by atoms with Crippen LogP contribution in [0.15, 0.2) is 12.2 Å². The first-order chi connectivity index (χ1) is 10.1. The van der Waals surface area contributed by atoms with Crippen LogP contribution in [0.3, 0.4) is 0 Å². The van der Waals surface area contributed by atoms with Crippen molar-refractivity contribution in [3.8, 4) is 0 Å². The van der Waals surface area contributed by atoms with Crippen LogP contribution in [0.4, 0.5) is 0 Å². The van der Waals surface area contributed by atoms with Crippen molar-refractivity contribution in [3.63, 3.8) is 0 Å². The van der Waals surface area contributed by atoms with Gasteiger partial charge in [-0.2, -0.15) is 0 Å². The first-order valence-electron chi connectivity index (χ1n) is 7.47. The van der Waals surface area contributed by atoms with Crippen molar-refractivity contribution in [2.75, 3.05) is 0 Å². The van der Waals surface area contributed by atoms with Crippen molar-refractivity contribution in [1.29, 1.82) is 0 Å². The number of hydrogen-bond acceptors (Lipinski definition) is 4. The molecule has 110 valence electrons. The van der Waals surface area contributed by atoms with Gasteiger partial charge in [-0.15, -0.1) is 0 Å². The van der Waals surface area contributed by atoms with E-state index in [1.807, 2.05) is 0 Å². The SMILES string of the molecule is O=C1CC[C@@H](N2C(=O)[C@H]3[C@H](C2=O)[C@H]2C=C[C@@H]3CC2)C(=O)N1. The molecule has 1 N–H and O–H groups in total. The summed E-state index contributed by atoms with van der Waals surface area (Å²) >= 11 is 0. The molecule has 0 unspecified atom stereocenters. The maximum Gasteiger partial charge on any atom is 0.249 e. The van der Waals surface area contributed by atoms with Crippen molar-refractivity contribution in [1.82, 2.24) is 10.2 Å². The molecular formula is C15H16N2O4. The number of likely N-dealkylation sites (tertiary alicyclic amines) is 1. The first-order valence-corrected chi connectivity index (χ1v) is 7.47. The highest BCUT2D eigenvalue weighted by Crippen LogP contribution is 2.50. The van der Waals surface area contributed by atoms with Crippen molar-refractivity contribution in [3.05, 3.63) is 12.2 Å². The number of piperidine rings is 1. The molecule has 0 spiro atoms. The summed E-state index contributed by atoms with van der Waals surface area (Å²) in [6, 6.07) is -0.812. The minimum atomic E-state index is -0.812. The van der Waals surface area contributed by atoms with Gasteiger partial charge in [-0.3, -0.25) is 29.4 Å². The van der Waals surface area contributed by atoms with Crippen LogP contribution in [0.2, 0.25) is 0 Å². The van der Waals surface area contributed by atoms with Crippen LogP contribution in [0.25, 0.3) is 0 Å². The Bertz CT molecular complexity index is 564. The molecule has 5 atom stereocenters. The molecule has 0 radical (unpaired) electrons. The van der Waals surface area contributed by atoms with Gasteiger partial charge in [0.05, 0.1) is 11.8 Å². The number of hydrogen-bond donors (Lipinski definition) is 1. The second kappa shape index (κ2) is 4.26. The second-order valence-electron chi connectivity index (χ2n) is 6.35. The number of rotatable bonds is 1. The Labute approximate surface area is 121 Å². The Kier molecular flexibility index (Phi) is 2.58. The fourth-order valence-electron chi connectivity index (χ4n) is 4.33. The molecule has 1 saturated carbocycles. The lowest BCUT2D eigenvalue weighted by atomic mass is 9.63. The maximum atomic E-state index is 12.7. The standard InChI is InChI=1S/C15H16N2O4/c18-10-6-5-9(13(19)16-10)17-14(20)11-7-1-2-8(4-3-7)12(11)15(17)21/h1-2,7-9,11-12H,3-6H2,(H,16,18,19)/t7-,8+,9-,11-,12-/m1/s1. The summed E-state index contributed by atoms with van der Waals surface area (Å²) in [5.41, 5.74) is 0. The zero-order valence-electron chi connectivity index (χ0n) is 11.5. The molecule has 3 aliphatic carbocycles. The van der Waals surface area contributed by atoms with E-state index in [-0.39, 0.29) is 54.2 Å². The highest BCUT2D eigenvalue weighted by atomic mass is 16.2. The van der Waals surface area contributed by atoms with Crippen molar-refractivity contribution >= 4 is 23.6 Å². The molecule has 2 aliphatic heterocycles. The molecule has 2 bridgehead atoms. The summed E-state index contributed by atoms with van der Waals surface area (Å²) in [7, 11) is 0. The number of fused-ring (bicyclic) bond motifs is 1. The van der Waals surface area contributed by atoms with Crippen LogP contribution in [0, 0.1) is 23.7 Å². The van der Waals surface area contributed by atoms with Crippen LogP contribution in [0.1, 0.15) is 25.7 Å². The van der Waals surface area contributed by atoms with Gasteiger partial charge in [0.25, 0.3) is 0 Å². The average Bonchev–Trinajstić information content (AvgIpc) is 2.75. The Morgan fingerprint density at radius 2 is 1.48 bits per heavy atom. The van der Waals surface area contributed by atoms with E-state index < -0.39 is 11.9 Å². The van der Waals surface area contributed by atoms with E-state index in [1.165, 1.54) is 0 Å². The second-order valence-corrected chi connectivity index (χ2v) is 6.35. The van der Waals surface area contributed by atoms with E-state index >= 15 is 0 Å². The zero-order chi connectivity index (χ0) is 14.7. The molecule has 3 fully saturated rings. The number of nitrogens with zero attached hydrogens (tertiary/aromatic N) is 1. The highest BCUT2D eigenvalue weighted by molar-refractivity contribution is 6.11. The number of amides is 4. The van der Waals surface area contributed by atoms with Crippen molar-refractivity contribution < 1.29 is 19.2 Å². The lowest BCUT2D eigenvalue weighted by Gasteiger charge is -2.38. The number of imide groups is 2. The third-order valence-electron chi connectivity index (χ3n) is 5.32. The van der Waals surface area contributed by atoms with Crippen LogP contribution in [0.5, 0.6) is 0 Å². The fraction of sp³-hybridized carbons (Fsp3) is 0.600. The molecule has 2 heterocycles. The molecule has 4 amide bonds. The van der Waals surface area contributed by atoms with E-state index in [2.05, 4.69) is 17.5 Å². The fourth-order valence-corrected chi connectivity index (χ4v) is 4.33. The number of nitrogens with one attached hydrogen (secondary N) is 1.